The lowest BCUT2D eigenvalue weighted by molar-refractivity contribution is 0.475. The van der Waals surface area contributed by atoms with Gasteiger partial charge in [-0.15, -0.1) is 0 Å². The number of fused-ring (bicyclic) bond motifs is 1. The number of aromatic nitrogens is 4. The fourth-order valence-electron chi connectivity index (χ4n) is 3.90. The zero-order valence-corrected chi connectivity index (χ0v) is 20.8. The Bertz CT molecular complexity index is 1590. The van der Waals surface area contributed by atoms with Crippen LogP contribution in [0.1, 0.15) is 11.3 Å². The summed E-state index contributed by atoms with van der Waals surface area (Å²) < 4.78 is 13.0. The molecule has 0 saturated heterocycles. The number of benzene rings is 2. The first-order chi connectivity index (χ1) is 17.4. The maximum absolute atomic E-state index is 13.1. The van der Waals surface area contributed by atoms with Crippen LogP contribution in [0.3, 0.4) is 0 Å². The molecule has 0 fully saturated rings. The number of nitrogens with one attached hydrogen (secondary N) is 1. The van der Waals surface area contributed by atoms with Gasteiger partial charge in [-0.2, -0.15) is 0 Å². The van der Waals surface area contributed by atoms with E-state index in [4.69, 9.17) is 21.6 Å². The van der Waals surface area contributed by atoms with E-state index in [1.54, 1.807) is 30.3 Å². The highest BCUT2D eigenvalue weighted by atomic mass is 35.5. The average Bonchev–Trinajstić information content (AvgIpc) is 2.87. The number of hydrogen-bond acceptors (Lipinski definition) is 6. The number of halogens is 1. The van der Waals surface area contributed by atoms with Gasteiger partial charge in [0.25, 0.3) is 0 Å². The highest BCUT2D eigenvalue weighted by Gasteiger charge is 2.20. The fraction of sp³-hybridized carbons (Fsp3) is 0.111. The van der Waals surface area contributed by atoms with Crippen molar-refractivity contribution < 1.29 is 9.66 Å². The van der Waals surface area contributed by atoms with Crippen molar-refractivity contribution >= 4 is 33.9 Å². The molecular weight excluding hydrogens is 496 g/mol. The number of nitrogens with zero attached hydrogens (tertiary/aromatic N) is 3. The standard InChI is InChI=1S/C27H21ClN4O3S/c1-16-13-19(14-22(28)29-16)25-24(18-5-3-2-4-6-18)32-27-26(31-25)21(34)15-23(30-27)36(35)12-11-17-7-9-20(33)10-8-17/h2-10,13-15,33H,11-12H2,1H3,(H,30,32,34). The highest BCUT2D eigenvalue weighted by Crippen LogP contribution is 2.31. The number of aromatic hydroxyl groups is 1. The van der Waals surface area contributed by atoms with Crippen molar-refractivity contribution in [3.63, 3.8) is 0 Å². The van der Waals surface area contributed by atoms with Gasteiger partial charge in [0.2, 0.25) is 10.5 Å². The second-order valence-electron chi connectivity index (χ2n) is 8.27. The maximum Gasteiger partial charge on any atom is 0.228 e. The minimum Gasteiger partial charge on any atom is -0.610 e. The summed E-state index contributed by atoms with van der Waals surface area (Å²) in [6.45, 7) is 1.83. The fourth-order valence-corrected chi connectivity index (χ4v) is 5.24. The van der Waals surface area contributed by atoms with E-state index in [1.165, 1.54) is 6.07 Å². The van der Waals surface area contributed by atoms with Gasteiger partial charge in [-0.3, -0.25) is 9.78 Å². The van der Waals surface area contributed by atoms with Crippen LogP contribution in [0.5, 0.6) is 5.75 Å². The maximum atomic E-state index is 13.1. The highest BCUT2D eigenvalue weighted by molar-refractivity contribution is 7.91. The van der Waals surface area contributed by atoms with E-state index in [9.17, 15) is 14.5 Å². The summed E-state index contributed by atoms with van der Waals surface area (Å²) in [7, 11) is 0. The molecule has 3 heterocycles. The zero-order chi connectivity index (χ0) is 25.2. The average molecular weight is 517 g/mol. The molecule has 180 valence electrons. The Balaban J connectivity index is 1.58. The van der Waals surface area contributed by atoms with Gasteiger partial charge in [-0.25, -0.2) is 15.0 Å². The molecule has 5 rings (SSSR count). The van der Waals surface area contributed by atoms with Gasteiger partial charge in [0.05, 0.1) is 17.5 Å². The Morgan fingerprint density at radius 1 is 0.944 bits per heavy atom. The summed E-state index contributed by atoms with van der Waals surface area (Å²) in [4.78, 5) is 29.8. The van der Waals surface area contributed by atoms with Crippen LogP contribution < -0.4 is 5.43 Å². The third kappa shape index (κ3) is 5.11. The molecule has 2 N–H and O–H groups in total. The van der Waals surface area contributed by atoms with Gasteiger partial charge in [-0.1, -0.05) is 54.1 Å². The molecule has 3 aromatic heterocycles. The summed E-state index contributed by atoms with van der Waals surface area (Å²) in [6, 6.07) is 21.1. The van der Waals surface area contributed by atoms with Crippen LogP contribution in [-0.2, 0) is 17.6 Å². The second kappa shape index (κ2) is 10.1. The van der Waals surface area contributed by atoms with E-state index < -0.39 is 11.2 Å². The first-order valence-electron chi connectivity index (χ1n) is 11.2. The third-order valence-corrected chi connectivity index (χ3v) is 7.11. The Labute approximate surface area is 215 Å². The predicted octanol–water partition coefficient (Wildman–Crippen LogP) is 5.06. The van der Waals surface area contributed by atoms with Crippen molar-refractivity contribution in [1.29, 1.82) is 0 Å². The van der Waals surface area contributed by atoms with Gasteiger partial charge in [-0.05, 0) is 36.8 Å². The van der Waals surface area contributed by atoms with E-state index in [0.29, 0.717) is 40.0 Å². The Hall–Kier alpha value is -3.72. The van der Waals surface area contributed by atoms with Gasteiger partial charge in [0.1, 0.15) is 16.7 Å². The summed E-state index contributed by atoms with van der Waals surface area (Å²) >= 11 is 4.75. The molecule has 0 saturated carbocycles. The molecule has 5 aromatic rings. The minimum atomic E-state index is -1.47. The number of rotatable bonds is 6. The van der Waals surface area contributed by atoms with Crippen LogP contribution in [0, 0.1) is 6.92 Å². The molecule has 0 aliphatic heterocycles. The predicted molar refractivity (Wildman–Crippen MR) is 142 cm³/mol. The smallest absolute Gasteiger partial charge is 0.228 e. The van der Waals surface area contributed by atoms with Crippen LogP contribution in [0.4, 0.5) is 0 Å². The van der Waals surface area contributed by atoms with Gasteiger partial charge < -0.3 is 9.66 Å². The number of phenolic OH excluding ortho intramolecular Hbond substituents is 1. The molecule has 7 nitrogen and oxygen atoms in total. The molecule has 0 aliphatic carbocycles. The normalized spacial score (nSPS) is 12.1. The molecule has 1 atom stereocenters. The first kappa shape index (κ1) is 24.0. The van der Waals surface area contributed by atoms with Gasteiger partial charge in [0, 0.05) is 34.4 Å². The number of pyridine rings is 2. The van der Waals surface area contributed by atoms with Crippen molar-refractivity contribution in [3.05, 3.63) is 99.4 Å². The van der Waals surface area contributed by atoms with E-state index >= 15 is 0 Å². The molecule has 0 spiro atoms. The van der Waals surface area contributed by atoms with Crippen molar-refractivity contribution in [2.75, 3.05) is 5.75 Å². The zero-order valence-electron chi connectivity index (χ0n) is 19.2. The van der Waals surface area contributed by atoms with Gasteiger partial charge >= 0.3 is 0 Å². The summed E-state index contributed by atoms with van der Waals surface area (Å²) in [5.41, 5.74) is 4.26. The van der Waals surface area contributed by atoms with Crippen LogP contribution >= 0.6 is 11.6 Å². The second-order valence-corrected chi connectivity index (χ2v) is 10.2. The van der Waals surface area contributed by atoms with Crippen molar-refractivity contribution in [1.82, 2.24) is 19.9 Å². The topological polar surface area (TPSA) is 115 Å². The third-order valence-electron chi connectivity index (χ3n) is 5.63. The number of H-pyrrole nitrogens is 1. The molecule has 0 aliphatic rings. The monoisotopic (exact) mass is 516 g/mol. The Morgan fingerprint density at radius 3 is 2.39 bits per heavy atom. The quantitative estimate of drug-likeness (QED) is 0.240. The molecular formula is C27H21ClN4O3S. The first-order valence-corrected chi connectivity index (χ1v) is 12.9. The van der Waals surface area contributed by atoms with Crippen LogP contribution in [0.2, 0.25) is 5.15 Å². The molecule has 36 heavy (non-hydrogen) atoms. The van der Waals surface area contributed by atoms with E-state index in [2.05, 4.69) is 9.97 Å². The van der Waals surface area contributed by atoms with Crippen LogP contribution in [0.25, 0.3) is 33.7 Å². The summed E-state index contributed by atoms with van der Waals surface area (Å²) in [5.74, 6) is 0.480. The van der Waals surface area contributed by atoms with Crippen molar-refractivity contribution in [3.8, 4) is 28.3 Å². The summed E-state index contributed by atoms with van der Waals surface area (Å²) in [5, 5.41) is 10.1. The van der Waals surface area contributed by atoms with Crippen molar-refractivity contribution in [2.24, 2.45) is 0 Å². The molecule has 1 unspecified atom stereocenters. The molecule has 0 bridgehead atoms. The lowest BCUT2D eigenvalue weighted by Crippen LogP contribution is -2.16. The lowest BCUT2D eigenvalue weighted by atomic mass is 10.0. The largest absolute Gasteiger partial charge is 0.610 e. The molecule has 2 aromatic carbocycles. The minimum absolute atomic E-state index is 0.148. The lowest BCUT2D eigenvalue weighted by Gasteiger charge is -2.13. The number of hydrogen-bond donors (Lipinski definition) is 2. The molecule has 9 heteroatoms. The Kier molecular flexibility index (Phi) is 6.73. The molecule has 0 radical (unpaired) electrons. The summed E-state index contributed by atoms with van der Waals surface area (Å²) in [6.07, 6.45) is 0.523. The van der Waals surface area contributed by atoms with Gasteiger partial charge in [0.15, 0.2) is 11.2 Å². The number of phenols is 1. The van der Waals surface area contributed by atoms with Crippen molar-refractivity contribution in [2.45, 2.75) is 18.4 Å². The van der Waals surface area contributed by atoms with E-state index in [-0.39, 0.29) is 27.4 Å². The van der Waals surface area contributed by atoms with Crippen LogP contribution in [-0.4, -0.2) is 35.3 Å². The SMILES string of the molecule is Cc1cc(-c2nc3c(=O)cc([S+]([O-])CCc4ccc(O)cc4)[nH]c3nc2-c2ccccc2)cc(Cl)n1. The van der Waals surface area contributed by atoms with E-state index in [0.717, 1.165) is 11.1 Å². The molecule has 0 amide bonds. The number of aryl methyl sites for hydroxylation is 2. The Morgan fingerprint density at radius 2 is 1.67 bits per heavy atom. The van der Waals surface area contributed by atoms with Crippen LogP contribution in [0.15, 0.2) is 82.6 Å². The van der Waals surface area contributed by atoms with E-state index in [1.807, 2.05) is 43.3 Å². The number of aromatic amines is 1.